The molecule has 0 unspecified atom stereocenters. The van der Waals surface area contributed by atoms with Crippen molar-refractivity contribution < 1.29 is 4.74 Å². The van der Waals surface area contributed by atoms with Crippen LogP contribution < -0.4 is 4.90 Å². The van der Waals surface area contributed by atoms with Crippen LogP contribution in [-0.4, -0.2) is 31.8 Å². The molecule has 1 aliphatic rings. The molecule has 0 saturated heterocycles. The zero-order chi connectivity index (χ0) is 14.7. The molecule has 0 amide bonds. The third kappa shape index (κ3) is 3.27. The molecule has 1 aromatic carbocycles. The first-order valence-electron chi connectivity index (χ1n) is 7.27. The summed E-state index contributed by atoms with van der Waals surface area (Å²) in [7, 11) is 1.75. The number of hydrogen-bond donors (Lipinski definition) is 0. The first kappa shape index (κ1) is 14.5. The van der Waals surface area contributed by atoms with Gasteiger partial charge in [-0.1, -0.05) is 28.1 Å². The molecular formula is C17H19BrN2O. The second kappa shape index (κ2) is 6.58. The third-order valence-corrected chi connectivity index (χ3v) is 4.37. The SMILES string of the molecule is COCCN1CCCc2nc(-c3ccc(Br)cc3)ccc21. The van der Waals surface area contributed by atoms with E-state index in [0.29, 0.717) is 0 Å². The maximum absolute atomic E-state index is 5.20. The Kier molecular flexibility index (Phi) is 4.56. The standard InChI is InChI=1S/C17H19BrN2O/c1-21-12-11-20-10-2-3-16-17(20)9-8-15(19-16)13-4-6-14(18)7-5-13/h4-9H,2-3,10-12H2,1H3. The van der Waals surface area contributed by atoms with Crippen molar-refractivity contribution in [1.82, 2.24) is 4.98 Å². The number of nitrogens with zero attached hydrogens (tertiary/aromatic N) is 2. The minimum atomic E-state index is 0.758. The van der Waals surface area contributed by atoms with E-state index in [1.165, 1.54) is 11.4 Å². The molecule has 0 bridgehead atoms. The number of ether oxygens (including phenoxy) is 1. The molecule has 2 aromatic rings. The highest BCUT2D eigenvalue weighted by Crippen LogP contribution is 2.29. The highest BCUT2D eigenvalue weighted by Gasteiger charge is 2.18. The second-order valence-electron chi connectivity index (χ2n) is 5.25. The van der Waals surface area contributed by atoms with E-state index in [-0.39, 0.29) is 0 Å². The number of aryl methyl sites for hydroxylation is 1. The lowest BCUT2D eigenvalue weighted by molar-refractivity contribution is 0.205. The van der Waals surface area contributed by atoms with Gasteiger partial charge >= 0.3 is 0 Å². The van der Waals surface area contributed by atoms with Crippen molar-refractivity contribution in [2.45, 2.75) is 12.8 Å². The summed E-state index contributed by atoms with van der Waals surface area (Å²) in [6.45, 7) is 2.78. The van der Waals surface area contributed by atoms with Crippen molar-refractivity contribution in [2.24, 2.45) is 0 Å². The molecule has 1 aliphatic heterocycles. The molecule has 0 aliphatic carbocycles. The van der Waals surface area contributed by atoms with Gasteiger partial charge < -0.3 is 9.64 Å². The molecule has 3 rings (SSSR count). The zero-order valence-corrected chi connectivity index (χ0v) is 13.8. The molecule has 110 valence electrons. The van der Waals surface area contributed by atoms with Gasteiger partial charge in [0.1, 0.15) is 0 Å². The van der Waals surface area contributed by atoms with Crippen molar-refractivity contribution in [3.05, 3.63) is 46.6 Å². The fourth-order valence-corrected chi connectivity index (χ4v) is 3.00. The Morgan fingerprint density at radius 1 is 1.19 bits per heavy atom. The van der Waals surface area contributed by atoms with Crippen molar-refractivity contribution in [3.8, 4) is 11.3 Å². The number of fused-ring (bicyclic) bond motifs is 1. The van der Waals surface area contributed by atoms with Gasteiger partial charge in [-0.25, -0.2) is 0 Å². The van der Waals surface area contributed by atoms with Crippen LogP contribution in [0.25, 0.3) is 11.3 Å². The smallest absolute Gasteiger partial charge is 0.0706 e. The third-order valence-electron chi connectivity index (χ3n) is 3.84. The van der Waals surface area contributed by atoms with Crippen molar-refractivity contribution >= 4 is 21.6 Å². The molecule has 21 heavy (non-hydrogen) atoms. The van der Waals surface area contributed by atoms with Crippen molar-refractivity contribution in [2.75, 3.05) is 31.7 Å². The second-order valence-corrected chi connectivity index (χ2v) is 6.17. The maximum atomic E-state index is 5.20. The van der Waals surface area contributed by atoms with Crippen LogP contribution in [0, 0.1) is 0 Å². The van der Waals surface area contributed by atoms with Gasteiger partial charge in [-0.2, -0.15) is 0 Å². The molecule has 3 nitrogen and oxygen atoms in total. The summed E-state index contributed by atoms with van der Waals surface area (Å²) in [6, 6.07) is 12.6. The van der Waals surface area contributed by atoms with Crippen LogP contribution in [0.2, 0.25) is 0 Å². The summed E-state index contributed by atoms with van der Waals surface area (Å²) >= 11 is 3.47. The van der Waals surface area contributed by atoms with E-state index in [0.717, 1.165) is 48.3 Å². The lowest BCUT2D eigenvalue weighted by Gasteiger charge is -2.30. The van der Waals surface area contributed by atoms with Gasteiger partial charge in [0.15, 0.2) is 0 Å². The first-order chi connectivity index (χ1) is 10.3. The number of benzene rings is 1. The number of pyridine rings is 1. The normalized spacial score (nSPS) is 14.1. The van der Waals surface area contributed by atoms with Crippen molar-refractivity contribution in [1.29, 1.82) is 0 Å². The molecule has 0 fully saturated rings. The summed E-state index contributed by atoms with van der Waals surface area (Å²) in [5.74, 6) is 0. The summed E-state index contributed by atoms with van der Waals surface area (Å²) in [5.41, 5.74) is 4.68. The van der Waals surface area contributed by atoms with E-state index >= 15 is 0 Å². The lowest BCUT2D eigenvalue weighted by Crippen LogP contribution is -2.32. The first-order valence-corrected chi connectivity index (χ1v) is 8.07. The molecule has 0 spiro atoms. The highest BCUT2D eigenvalue weighted by atomic mass is 79.9. The molecule has 4 heteroatoms. The monoisotopic (exact) mass is 346 g/mol. The van der Waals surface area contributed by atoms with Crippen molar-refractivity contribution in [3.63, 3.8) is 0 Å². The van der Waals surface area contributed by atoms with Gasteiger partial charge in [-0.05, 0) is 37.1 Å². The van der Waals surface area contributed by atoms with E-state index in [1.54, 1.807) is 7.11 Å². The average molecular weight is 347 g/mol. The predicted molar refractivity (Wildman–Crippen MR) is 89.8 cm³/mol. The fourth-order valence-electron chi connectivity index (χ4n) is 2.74. The van der Waals surface area contributed by atoms with Crippen LogP contribution in [-0.2, 0) is 11.2 Å². The van der Waals surface area contributed by atoms with E-state index in [1.807, 2.05) is 0 Å². The molecule has 0 atom stereocenters. The van der Waals surface area contributed by atoms with Gasteiger partial charge in [-0.15, -0.1) is 0 Å². The highest BCUT2D eigenvalue weighted by molar-refractivity contribution is 9.10. The Bertz CT molecular complexity index is 613. The summed E-state index contributed by atoms with van der Waals surface area (Å²) in [5, 5.41) is 0. The van der Waals surface area contributed by atoms with Gasteiger partial charge in [0.25, 0.3) is 0 Å². The predicted octanol–water partition coefficient (Wildman–Crippen LogP) is 3.91. The van der Waals surface area contributed by atoms with Crippen LogP contribution in [0.15, 0.2) is 40.9 Å². The number of halogens is 1. The Morgan fingerprint density at radius 3 is 2.76 bits per heavy atom. The quantitative estimate of drug-likeness (QED) is 0.839. The number of methoxy groups -OCH3 is 1. The summed E-state index contributed by atoms with van der Waals surface area (Å²) in [4.78, 5) is 7.25. The molecule has 0 N–H and O–H groups in total. The summed E-state index contributed by atoms with van der Waals surface area (Å²) < 4.78 is 6.29. The largest absolute Gasteiger partial charge is 0.383 e. The Labute approximate surface area is 134 Å². The zero-order valence-electron chi connectivity index (χ0n) is 12.2. The van der Waals surface area contributed by atoms with Crippen LogP contribution >= 0.6 is 15.9 Å². The van der Waals surface area contributed by atoms with Gasteiger partial charge in [-0.3, -0.25) is 4.98 Å². The van der Waals surface area contributed by atoms with Gasteiger partial charge in [0.05, 0.1) is 23.7 Å². The van der Waals surface area contributed by atoms with E-state index in [9.17, 15) is 0 Å². The minimum absolute atomic E-state index is 0.758. The fraction of sp³-hybridized carbons (Fsp3) is 0.353. The van der Waals surface area contributed by atoms with Crippen LogP contribution in [0.4, 0.5) is 5.69 Å². The molecule has 1 aromatic heterocycles. The molecule has 0 saturated carbocycles. The lowest BCUT2D eigenvalue weighted by atomic mass is 10.0. The Balaban J connectivity index is 1.88. The molecular weight excluding hydrogens is 328 g/mol. The number of hydrogen-bond acceptors (Lipinski definition) is 3. The molecule has 2 heterocycles. The topological polar surface area (TPSA) is 25.4 Å². The number of aromatic nitrogens is 1. The average Bonchev–Trinajstić information content (AvgIpc) is 2.53. The summed E-state index contributed by atoms with van der Waals surface area (Å²) in [6.07, 6.45) is 2.22. The number of rotatable bonds is 4. The van der Waals surface area contributed by atoms with Crippen LogP contribution in [0.3, 0.4) is 0 Å². The Morgan fingerprint density at radius 2 is 2.00 bits per heavy atom. The Hall–Kier alpha value is -1.39. The van der Waals surface area contributed by atoms with Gasteiger partial charge in [0.2, 0.25) is 0 Å². The van der Waals surface area contributed by atoms with E-state index in [4.69, 9.17) is 9.72 Å². The van der Waals surface area contributed by atoms with Crippen LogP contribution in [0.5, 0.6) is 0 Å². The number of anilines is 1. The maximum Gasteiger partial charge on any atom is 0.0706 e. The van der Waals surface area contributed by atoms with Crippen LogP contribution in [0.1, 0.15) is 12.1 Å². The minimum Gasteiger partial charge on any atom is -0.383 e. The molecule has 0 radical (unpaired) electrons. The van der Waals surface area contributed by atoms with E-state index in [2.05, 4.69) is 57.2 Å². The van der Waals surface area contributed by atoms with Gasteiger partial charge in [0, 0.05) is 30.2 Å². The van der Waals surface area contributed by atoms with E-state index < -0.39 is 0 Å².